The van der Waals surface area contributed by atoms with E-state index in [-0.39, 0.29) is 74.3 Å². The number of nitrogens with two attached hydrogens (primary N) is 4. The van der Waals surface area contributed by atoms with Crippen LogP contribution in [0.15, 0.2) is 94.9 Å². The number of aliphatic hydroxyl groups is 5. The number of rotatable bonds is 21. The van der Waals surface area contributed by atoms with E-state index in [9.17, 15) is 54.0 Å². The molecule has 2 fully saturated rings. The molecule has 95 heavy (non-hydrogen) atoms. The summed E-state index contributed by atoms with van der Waals surface area (Å²) in [6, 6.07) is 25.5. The monoisotopic (exact) mass is 1350 g/mol. The van der Waals surface area contributed by atoms with Crippen LogP contribution in [-0.2, 0) is 57.2 Å². The summed E-state index contributed by atoms with van der Waals surface area (Å²) in [6.07, 6.45) is -14.5. The predicted octanol–water partition coefficient (Wildman–Crippen LogP) is -2.44. The molecule has 14 N–H and O–H groups in total. The predicted molar refractivity (Wildman–Crippen MR) is 340 cm³/mol. The van der Waals surface area contributed by atoms with Gasteiger partial charge < -0.3 is 97.2 Å². The Labute approximate surface area is 565 Å². The first-order valence-electron chi connectivity index (χ1n) is 28.7. The van der Waals surface area contributed by atoms with E-state index in [1.54, 1.807) is 36.4 Å². The molecule has 32 nitrogen and oxygen atoms in total. The first kappa shape index (κ1) is 76.6. The van der Waals surface area contributed by atoms with Gasteiger partial charge >= 0.3 is 48.7 Å². The van der Waals surface area contributed by atoms with E-state index in [0.29, 0.717) is 75.0 Å². The molecular weight excluding hydrogens is 1280 g/mol. The van der Waals surface area contributed by atoms with Crippen molar-refractivity contribution >= 4 is 122 Å². The second kappa shape index (κ2) is 34.9. The maximum Gasteiger partial charge on any atom is 1.00 e. The van der Waals surface area contributed by atoms with Crippen LogP contribution in [0.25, 0.3) is 44.3 Å². The van der Waals surface area contributed by atoms with Gasteiger partial charge in [-0.15, -0.1) is 0 Å². The first-order chi connectivity index (χ1) is 44.1. The van der Waals surface area contributed by atoms with Crippen LogP contribution in [0.4, 0.5) is 23.3 Å². The summed E-state index contributed by atoms with van der Waals surface area (Å²) in [7, 11) is 0. The fraction of sp³-hybridized carbons (Fsp3) is 0.383. The van der Waals surface area contributed by atoms with Crippen molar-refractivity contribution in [2.24, 2.45) is 32.9 Å². The van der Waals surface area contributed by atoms with Gasteiger partial charge in [-0.2, -0.15) is 9.98 Å². The van der Waals surface area contributed by atoms with Gasteiger partial charge in [0.05, 0.1) is 29.0 Å². The van der Waals surface area contributed by atoms with Crippen molar-refractivity contribution in [1.82, 2.24) is 29.7 Å². The fourth-order valence-electron chi connectivity index (χ4n) is 10.1. The minimum atomic E-state index is -1.95. The molecule has 2 amide bonds. The number of benzene rings is 4. The number of carbonyl (C=O) groups is 7. The summed E-state index contributed by atoms with van der Waals surface area (Å²) < 4.78 is 26.6. The molecule has 2 saturated heterocycles. The molecule has 8 atom stereocenters. The molecule has 8 rings (SSSR count). The number of aliphatic imine (C=N–C) groups is 2. The van der Waals surface area contributed by atoms with Crippen LogP contribution in [0.3, 0.4) is 0 Å². The standard InChI is InChI=1S/C35H40ClN7O11.C25H30ClN7O6.Li.H2O/c1-18(44)50-17-28(51-19(2)45)30(52-20(3)46)31(53-21(4)47)32(54-22(5)48)33(49)43-13-11-42(12-14-43)25-8-6-7-23(15-25)29-26-16-24(36)9-10-27(26)39-35(40-29)41-34(37)38;26-14-4-5-17-16(11-14)19(30-25(29-17)31-24(27)28)13-2-1-3-15(10-13)32-6-8-33(9-7-32)23(39)22(38)21(37)20(36)18(35)12-34;;/h6-10,15-16,28,30-32H,11-14,17H2,1-5H3,(H4,37,38,39,40,41);1-5,10-11,18,20-22,34-38H,6-9,12H2,(H4,27,28,29,30,31);;1H2/q;;+1;/p-1/t28-,30-,31+,32-;18-,20-,21+,22-;;/m11../s1. The van der Waals surface area contributed by atoms with Gasteiger partial charge in [-0.1, -0.05) is 47.5 Å². The van der Waals surface area contributed by atoms with Gasteiger partial charge in [0.2, 0.25) is 6.10 Å². The van der Waals surface area contributed by atoms with Crippen molar-refractivity contribution in [2.45, 2.75) is 83.5 Å². The molecule has 35 heteroatoms. The maximum atomic E-state index is 14.2. The van der Waals surface area contributed by atoms with Crippen molar-refractivity contribution < 1.29 is 107 Å². The molecular formula is C60H71Cl2LiN14O18. The molecule has 6 aromatic rings. The van der Waals surface area contributed by atoms with E-state index in [1.165, 1.54) is 9.80 Å². The van der Waals surface area contributed by atoms with E-state index >= 15 is 0 Å². The number of carbonyl (C=O) groups excluding carboxylic acids is 7. The van der Waals surface area contributed by atoms with Crippen LogP contribution >= 0.6 is 23.2 Å². The summed E-state index contributed by atoms with van der Waals surface area (Å²) in [5.41, 5.74) is 27.7. The molecule has 0 radical (unpaired) electrons. The Bertz CT molecular complexity index is 3800. The third kappa shape index (κ3) is 20.7. The van der Waals surface area contributed by atoms with Crippen molar-refractivity contribution in [3.05, 3.63) is 95.0 Å². The number of aliphatic hydroxyl groups excluding tert-OH is 5. The molecule has 0 spiro atoms. The molecule has 0 bridgehead atoms. The van der Waals surface area contributed by atoms with Gasteiger partial charge in [0.25, 0.3) is 23.7 Å². The Morgan fingerprint density at radius 3 is 1.36 bits per heavy atom. The summed E-state index contributed by atoms with van der Waals surface area (Å²) in [6.45, 7) is 5.95. The minimum Gasteiger partial charge on any atom is -0.870 e. The summed E-state index contributed by atoms with van der Waals surface area (Å²) >= 11 is 12.6. The molecule has 2 aliphatic rings. The molecule has 0 saturated carbocycles. The maximum absolute atomic E-state index is 14.2. The third-order valence-electron chi connectivity index (χ3n) is 14.3. The number of halogens is 2. The van der Waals surface area contributed by atoms with Gasteiger partial charge in [0.15, 0.2) is 36.3 Å². The van der Waals surface area contributed by atoms with E-state index in [1.807, 2.05) is 58.3 Å². The number of fused-ring (bicyclic) bond motifs is 2. The number of hydrogen-bond donors (Lipinski definition) is 9. The van der Waals surface area contributed by atoms with Gasteiger partial charge in [-0.05, 0) is 60.7 Å². The Morgan fingerprint density at radius 1 is 0.537 bits per heavy atom. The number of hydrogen-bond acceptors (Lipinski definition) is 26. The number of nitrogens with zero attached hydrogens (tertiary/aromatic N) is 10. The smallest absolute Gasteiger partial charge is 0.870 e. The minimum absolute atomic E-state index is 0. The number of aromatic nitrogens is 4. The van der Waals surface area contributed by atoms with Crippen LogP contribution in [-0.4, -0.2) is 229 Å². The van der Waals surface area contributed by atoms with Gasteiger partial charge in [-0.25, -0.2) is 19.9 Å². The third-order valence-corrected chi connectivity index (χ3v) is 14.8. The van der Waals surface area contributed by atoms with E-state index in [0.717, 1.165) is 51.6 Å². The molecule has 2 aliphatic heterocycles. The largest absolute Gasteiger partial charge is 1.00 e. The molecule has 0 unspecified atom stereocenters. The zero-order valence-electron chi connectivity index (χ0n) is 52.4. The van der Waals surface area contributed by atoms with Gasteiger partial charge in [0.1, 0.15) is 24.9 Å². The van der Waals surface area contributed by atoms with Crippen molar-refractivity contribution in [2.75, 3.05) is 75.4 Å². The Morgan fingerprint density at radius 2 is 0.958 bits per heavy atom. The second-order valence-electron chi connectivity index (χ2n) is 21.2. The Hall–Kier alpha value is -9.07. The van der Waals surface area contributed by atoms with Gasteiger partial charge in [-0.3, -0.25) is 33.6 Å². The zero-order valence-corrected chi connectivity index (χ0v) is 53.9. The van der Waals surface area contributed by atoms with E-state index in [2.05, 4.69) is 29.9 Å². The summed E-state index contributed by atoms with van der Waals surface area (Å²) in [5, 5.41) is 50.9. The quantitative estimate of drug-likeness (QED) is 0.0119. The summed E-state index contributed by atoms with van der Waals surface area (Å²) in [5.74, 6) is -6.20. The molecule has 2 aromatic heterocycles. The second-order valence-corrected chi connectivity index (χ2v) is 22.0. The van der Waals surface area contributed by atoms with E-state index < -0.39 is 104 Å². The normalized spacial score (nSPS) is 15.4. The number of amides is 2. The van der Waals surface area contributed by atoms with Crippen molar-refractivity contribution in [3.63, 3.8) is 0 Å². The van der Waals surface area contributed by atoms with Gasteiger partial charge in [0, 0.05) is 130 Å². The van der Waals surface area contributed by atoms with Crippen LogP contribution in [0.2, 0.25) is 10.0 Å². The molecule has 4 heterocycles. The Balaban J connectivity index is 0.000000353. The van der Waals surface area contributed by atoms with Crippen LogP contribution in [0, 0.1) is 0 Å². The SMILES string of the molecule is CC(=O)OC[C@@H](OC(C)=O)[C@@H](OC(C)=O)[C@H](OC(C)=O)[C@@H](OC(C)=O)C(=O)N1CCN(c2cccc(-c3nc(N=C(N)N)nc4ccc(Cl)cc34)c2)CC1.NC(N)=Nc1nc(-c2cccc(N3CCN(C(=O)[C@H](O)[C@@H](O)[C@H](O)[C@H](O)CO)CC3)c2)c2cc(Cl)ccc2n1.[Li+].[OH-]. The summed E-state index contributed by atoms with van der Waals surface area (Å²) in [4.78, 5) is 120. The Kier molecular flexibility index (Phi) is 28.2. The zero-order chi connectivity index (χ0) is 68.0. The van der Waals surface area contributed by atoms with Crippen LogP contribution < -0.4 is 51.6 Å². The molecule has 504 valence electrons. The average molecular weight is 1350 g/mol. The first-order valence-corrected chi connectivity index (χ1v) is 29.4. The fourth-order valence-corrected chi connectivity index (χ4v) is 10.5. The number of anilines is 2. The number of esters is 5. The molecule has 4 aromatic carbocycles. The van der Waals surface area contributed by atoms with E-state index in [4.69, 9.17) is 74.9 Å². The van der Waals surface area contributed by atoms with Crippen molar-refractivity contribution in [1.29, 1.82) is 0 Å². The van der Waals surface area contributed by atoms with Crippen LogP contribution in [0.5, 0.6) is 0 Å². The average Bonchev–Trinajstić information content (AvgIpc) is 0.795. The van der Waals surface area contributed by atoms with Crippen molar-refractivity contribution in [3.8, 4) is 22.5 Å². The van der Waals surface area contributed by atoms with Crippen LogP contribution in [0.1, 0.15) is 34.6 Å². The number of guanidine groups is 2. The topological polar surface area (TPSA) is 490 Å². The molecule has 0 aliphatic carbocycles. The number of ether oxygens (including phenoxy) is 5. The number of piperazine rings is 2.